The summed E-state index contributed by atoms with van der Waals surface area (Å²) in [4.78, 5) is 15.5. The van der Waals surface area contributed by atoms with Crippen molar-refractivity contribution in [2.24, 2.45) is 0 Å². The van der Waals surface area contributed by atoms with Crippen molar-refractivity contribution in [2.45, 2.75) is 45.4 Å². The molecule has 0 saturated heterocycles. The normalized spacial score (nSPS) is 10.6. The molecule has 1 aromatic heterocycles. The van der Waals surface area contributed by atoms with Gasteiger partial charge in [0.2, 0.25) is 0 Å². The van der Waals surface area contributed by atoms with Gasteiger partial charge in [-0.15, -0.1) is 0 Å². The molecular weight excluding hydrogens is 278 g/mol. The minimum absolute atomic E-state index is 0.0947. The van der Waals surface area contributed by atoms with Gasteiger partial charge >= 0.3 is 5.97 Å². The number of carbonyl (C=O) groups excluding carboxylic acids is 1. The monoisotopic (exact) mass is 301 g/mol. The third-order valence-corrected chi connectivity index (χ3v) is 3.44. The molecule has 0 aliphatic rings. The number of rotatable bonds is 9. The van der Waals surface area contributed by atoms with Gasteiger partial charge in [-0.25, -0.2) is 4.98 Å². The lowest BCUT2D eigenvalue weighted by atomic mass is 10.1. The van der Waals surface area contributed by atoms with Crippen LogP contribution in [0.25, 0.3) is 11.3 Å². The standard InChI is InChI=1S/C18H23NO3/c1-2-21-18(20)13-9-4-3-8-12-17-19-14-16(22-17)15-10-6-5-7-11-15/h5-7,10-11,14H,2-4,8-9,12-13H2,1H3. The maximum atomic E-state index is 11.2. The first-order valence-electron chi connectivity index (χ1n) is 7.95. The van der Waals surface area contributed by atoms with E-state index in [9.17, 15) is 4.79 Å². The number of hydrogen-bond acceptors (Lipinski definition) is 4. The molecule has 0 N–H and O–H groups in total. The van der Waals surface area contributed by atoms with Gasteiger partial charge in [-0.2, -0.15) is 0 Å². The molecule has 118 valence electrons. The first-order chi connectivity index (χ1) is 10.8. The Bertz CT molecular complexity index is 563. The van der Waals surface area contributed by atoms with Gasteiger partial charge in [0.25, 0.3) is 0 Å². The molecule has 0 bridgehead atoms. The molecule has 2 rings (SSSR count). The Labute approximate surface area is 131 Å². The number of ether oxygens (including phenoxy) is 1. The first kappa shape index (κ1) is 16.3. The average Bonchev–Trinajstić information content (AvgIpc) is 3.01. The molecule has 0 spiro atoms. The van der Waals surface area contributed by atoms with E-state index in [1.54, 1.807) is 6.20 Å². The van der Waals surface area contributed by atoms with Gasteiger partial charge in [0.15, 0.2) is 11.7 Å². The molecule has 22 heavy (non-hydrogen) atoms. The Morgan fingerprint density at radius 1 is 1.14 bits per heavy atom. The predicted octanol–water partition coefficient (Wildman–Crippen LogP) is 4.40. The SMILES string of the molecule is CCOC(=O)CCCCCCc1ncc(-c2ccccc2)o1. The number of esters is 1. The third kappa shape index (κ3) is 5.35. The van der Waals surface area contributed by atoms with Crippen molar-refractivity contribution in [1.82, 2.24) is 4.98 Å². The summed E-state index contributed by atoms with van der Waals surface area (Å²) in [5.74, 6) is 1.50. The molecular formula is C18H23NO3. The highest BCUT2D eigenvalue weighted by Gasteiger charge is 2.06. The van der Waals surface area contributed by atoms with Crippen LogP contribution in [-0.2, 0) is 16.0 Å². The molecule has 1 heterocycles. The van der Waals surface area contributed by atoms with Crippen LogP contribution in [0.2, 0.25) is 0 Å². The van der Waals surface area contributed by atoms with Crippen LogP contribution in [0.15, 0.2) is 40.9 Å². The number of oxazole rings is 1. The lowest BCUT2D eigenvalue weighted by Gasteiger charge is -2.01. The Morgan fingerprint density at radius 2 is 1.91 bits per heavy atom. The van der Waals surface area contributed by atoms with Crippen molar-refractivity contribution >= 4 is 5.97 Å². The lowest BCUT2D eigenvalue weighted by molar-refractivity contribution is -0.143. The van der Waals surface area contributed by atoms with Crippen molar-refractivity contribution in [2.75, 3.05) is 6.61 Å². The number of carbonyl (C=O) groups is 1. The van der Waals surface area contributed by atoms with Crippen LogP contribution in [0.3, 0.4) is 0 Å². The van der Waals surface area contributed by atoms with Crippen molar-refractivity contribution in [3.63, 3.8) is 0 Å². The van der Waals surface area contributed by atoms with Gasteiger partial charge in [0.1, 0.15) is 0 Å². The van der Waals surface area contributed by atoms with Crippen LogP contribution in [0.4, 0.5) is 0 Å². The van der Waals surface area contributed by atoms with Gasteiger partial charge in [0, 0.05) is 18.4 Å². The molecule has 0 fully saturated rings. The van der Waals surface area contributed by atoms with Crippen LogP contribution in [0.1, 0.15) is 44.9 Å². The van der Waals surface area contributed by atoms with Crippen molar-refractivity contribution in [1.29, 1.82) is 0 Å². The minimum atomic E-state index is -0.0947. The Hall–Kier alpha value is -2.10. The van der Waals surface area contributed by atoms with E-state index in [2.05, 4.69) is 4.98 Å². The molecule has 0 atom stereocenters. The van der Waals surface area contributed by atoms with E-state index in [1.165, 1.54) is 0 Å². The second-order valence-corrected chi connectivity index (χ2v) is 5.20. The molecule has 0 unspecified atom stereocenters. The van der Waals surface area contributed by atoms with E-state index < -0.39 is 0 Å². The summed E-state index contributed by atoms with van der Waals surface area (Å²) in [7, 11) is 0. The van der Waals surface area contributed by atoms with Gasteiger partial charge in [-0.1, -0.05) is 43.2 Å². The number of aryl methyl sites for hydroxylation is 1. The number of aromatic nitrogens is 1. The van der Waals surface area contributed by atoms with E-state index in [4.69, 9.17) is 9.15 Å². The molecule has 4 heteroatoms. The molecule has 0 radical (unpaired) electrons. The highest BCUT2D eigenvalue weighted by Crippen LogP contribution is 2.20. The van der Waals surface area contributed by atoms with E-state index in [-0.39, 0.29) is 5.97 Å². The maximum absolute atomic E-state index is 11.2. The lowest BCUT2D eigenvalue weighted by Crippen LogP contribution is -2.03. The van der Waals surface area contributed by atoms with Crippen LogP contribution >= 0.6 is 0 Å². The fraction of sp³-hybridized carbons (Fsp3) is 0.444. The van der Waals surface area contributed by atoms with Crippen molar-refractivity contribution in [3.8, 4) is 11.3 Å². The highest BCUT2D eigenvalue weighted by atomic mass is 16.5. The summed E-state index contributed by atoms with van der Waals surface area (Å²) in [5.41, 5.74) is 1.05. The summed E-state index contributed by atoms with van der Waals surface area (Å²) in [6.45, 7) is 2.30. The molecule has 4 nitrogen and oxygen atoms in total. The zero-order valence-electron chi connectivity index (χ0n) is 13.1. The number of benzene rings is 1. The maximum Gasteiger partial charge on any atom is 0.305 e. The second kappa shape index (κ2) is 9.03. The van der Waals surface area contributed by atoms with Gasteiger partial charge in [-0.3, -0.25) is 4.79 Å². The van der Waals surface area contributed by atoms with Crippen molar-refractivity contribution in [3.05, 3.63) is 42.4 Å². The van der Waals surface area contributed by atoms with Crippen LogP contribution in [0, 0.1) is 0 Å². The summed E-state index contributed by atoms with van der Waals surface area (Å²) in [6, 6.07) is 9.98. The minimum Gasteiger partial charge on any atom is -0.466 e. The summed E-state index contributed by atoms with van der Waals surface area (Å²) >= 11 is 0. The van der Waals surface area contributed by atoms with Gasteiger partial charge < -0.3 is 9.15 Å². The highest BCUT2D eigenvalue weighted by molar-refractivity contribution is 5.69. The first-order valence-corrected chi connectivity index (χ1v) is 7.95. The molecule has 0 amide bonds. The molecule has 0 saturated carbocycles. The summed E-state index contributed by atoms with van der Waals surface area (Å²) in [6.07, 6.45) is 7.16. The van der Waals surface area contributed by atoms with E-state index in [1.807, 2.05) is 37.3 Å². The van der Waals surface area contributed by atoms with Crippen LogP contribution in [0.5, 0.6) is 0 Å². The predicted molar refractivity (Wildman–Crippen MR) is 85.4 cm³/mol. The van der Waals surface area contributed by atoms with E-state index >= 15 is 0 Å². The van der Waals surface area contributed by atoms with Crippen LogP contribution in [-0.4, -0.2) is 17.6 Å². The molecule has 0 aliphatic carbocycles. The van der Waals surface area contributed by atoms with Gasteiger partial charge in [0.05, 0.1) is 12.8 Å². The number of nitrogens with zero attached hydrogens (tertiary/aromatic N) is 1. The Morgan fingerprint density at radius 3 is 2.68 bits per heavy atom. The quantitative estimate of drug-likeness (QED) is 0.509. The zero-order valence-corrected chi connectivity index (χ0v) is 13.1. The fourth-order valence-corrected chi connectivity index (χ4v) is 2.29. The zero-order chi connectivity index (χ0) is 15.6. The summed E-state index contributed by atoms with van der Waals surface area (Å²) < 4.78 is 10.7. The van der Waals surface area contributed by atoms with E-state index in [0.717, 1.165) is 49.3 Å². The van der Waals surface area contributed by atoms with E-state index in [0.29, 0.717) is 13.0 Å². The largest absolute Gasteiger partial charge is 0.466 e. The molecule has 2 aromatic rings. The van der Waals surface area contributed by atoms with Gasteiger partial charge in [-0.05, 0) is 19.8 Å². The average molecular weight is 301 g/mol. The third-order valence-electron chi connectivity index (χ3n) is 3.44. The summed E-state index contributed by atoms with van der Waals surface area (Å²) in [5, 5.41) is 0. The number of hydrogen-bond donors (Lipinski definition) is 0. The fourth-order valence-electron chi connectivity index (χ4n) is 2.29. The Balaban J connectivity index is 1.64. The Kier molecular flexibility index (Phi) is 6.68. The van der Waals surface area contributed by atoms with Crippen molar-refractivity contribution < 1.29 is 13.9 Å². The topological polar surface area (TPSA) is 52.3 Å². The molecule has 0 aliphatic heterocycles. The smallest absolute Gasteiger partial charge is 0.305 e. The molecule has 1 aromatic carbocycles. The second-order valence-electron chi connectivity index (χ2n) is 5.20. The number of unbranched alkanes of at least 4 members (excludes halogenated alkanes) is 3. The van der Waals surface area contributed by atoms with Crippen LogP contribution < -0.4 is 0 Å².